The minimum atomic E-state index is -0.653. The van der Waals surface area contributed by atoms with E-state index in [1.54, 1.807) is 50.2 Å². The Kier molecular flexibility index (Phi) is 12.2. The molecule has 0 fully saturated rings. The average Bonchev–Trinajstić information content (AvgIpc) is 2.92. The zero-order valence-electron chi connectivity index (χ0n) is 22.2. The molecule has 4 amide bonds. The quantitative estimate of drug-likeness (QED) is 0.0864. The second kappa shape index (κ2) is 15.4. The number of nitrogens with zero attached hydrogens (tertiary/aromatic N) is 1. The molecule has 0 heterocycles. The Balaban J connectivity index is 2.09. The summed E-state index contributed by atoms with van der Waals surface area (Å²) in [6, 6.07) is 11.3. The van der Waals surface area contributed by atoms with Crippen LogP contribution in [0.15, 0.2) is 42.5 Å². The van der Waals surface area contributed by atoms with Gasteiger partial charge >= 0.3 is 0 Å². The van der Waals surface area contributed by atoms with Crippen LogP contribution in [0.3, 0.4) is 0 Å². The van der Waals surface area contributed by atoms with Gasteiger partial charge in [0.1, 0.15) is 5.75 Å². The van der Waals surface area contributed by atoms with E-state index in [4.69, 9.17) is 10.5 Å². The van der Waals surface area contributed by atoms with Crippen LogP contribution in [-0.2, 0) is 9.59 Å². The molecule has 0 bridgehead atoms. The summed E-state index contributed by atoms with van der Waals surface area (Å²) >= 11 is 0. The van der Waals surface area contributed by atoms with Crippen LogP contribution >= 0.6 is 0 Å². The molecule has 0 aliphatic carbocycles. The van der Waals surface area contributed by atoms with Gasteiger partial charge < -0.3 is 21.1 Å². The number of hydroxylamine groups is 2. The highest BCUT2D eigenvalue weighted by atomic mass is 16.5. The van der Waals surface area contributed by atoms with E-state index in [9.17, 15) is 24.4 Å². The maximum atomic E-state index is 12.9. The number of unbranched alkanes of at least 4 members (excludes halogenated alkanes) is 2. The van der Waals surface area contributed by atoms with Gasteiger partial charge in [0.15, 0.2) is 0 Å². The Hall–Kier alpha value is -3.92. The first-order chi connectivity index (χ1) is 18.3. The van der Waals surface area contributed by atoms with Crippen molar-refractivity contribution in [1.29, 1.82) is 0 Å². The molecular weight excluding hydrogens is 488 g/mol. The molecule has 2 aromatic rings. The topological polar surface area (TPSA) is 151 Å². The number of rotatable bonds is 16. The van der Waals surface area contributed by atoms with E-state index >= 15 is 0 Å². The molecule has 0 spiro atoms. The highest BCUT2D eigenvalue weighted by Gasteiger charge is 2.30. The summed E-state index contributed by atoms with van der Waals surface area (Å²) in [5.74, 6) is -1.57. The third-order valence-electron chi connectivity index (χ3n) is 6.30. The van der Waals surface area contributed by atoms with Crippen molar-refractivity contribution in [2.24, 2.45) is 11.7 Å². The summed E-state index contributed by atoms with van der Waals surface area (Å²) in [4.78, 5) is 48.5. The normalized spacial score (nSPS) is 12.2. The van der Waals surface area contributed by atoms with Crippen LogP contribution in [0.1, 0.15) is 73.6 Å². The van der Waals surface area contributed by atoms with Crippen molar-refractivity contribution in [1.82, 2.24) is 15.7 Å². The van der Waals surface area contributed by atoms with Gasteiger partial charge in [-0.15, -0.1) is 0 Å². The van der Waals surface area contributed by atoms with Crippen molar-refractivity contribution in [2.75, 3.05) is 13.3 Å². The molecule has 2 atom stereocenters. The van der Waals surface area contributed by atoms with Crippen LogP contribution < -0.4 is 21.1 Å². The SMILES string of the molecule is CCCCCC(C(=O)NCNC(=O)c1cccc(-c2ccc(C(N)=O)c(OCC)c2)c1)C(CC)N(O)C=O. The fourth-order valence-corrected chi connectivity index (χ4v) is 4.31. The number of hydrogen-bond acceptors (Lipinski definition) is 6. The first-order valence-electron chi connectivity index (χ1n) is 12.9. The number of nitrogens with two attached hydrogens (primary N) is 1. The van der Waals surface area contributed by atoms with Gasteiger partial charge in [-0.1, -0.05) is 51.3 Å². The first-order valence-corrected chi connectivity index (χ1v) is 12.9. The number of carbonyl (C=O) groups is 4. The second-order valence-corrected chi connectivity index (χ2v) is 8.88. The molecule has 0 aromatic heterocycles. The molecule has 0 saturated heterocycles. The van der Waals surface area contributed by atoms with Crippen molar-refractivity contribution in [3.63, 3.8) is 0 Å². The molecule has 206 valence electrons. The zero-order valence-corrected chi connectivity index (χ0v) is 22.2. The van der Waals surface area contributed by atoms with E-state index < -0.39 is 23.8 Å². The summed E-state index contributed by atoms with van der Waals surface area (Å²) in [5, 5.41) is 15.9. The molecule has 0 saturated carbocycles. The van der Waals surface area contributed by atoms with Gasteiger partial charge in [0.05, 0.1) is 30.8 Å². The molecule has 0 aliphatic heterocycles. The molecule has 2 unspecified atom stereocenters. The molecule has 38 heavy (non-hydrogen) atoms. The summed E-state index contributed by atoms with van der Waals surface area (Å²) in [6.45, 7) is 5.90. The molecule has 0 radical (unpaired) electrons. The first kappa shape index (κ1) is 30.3. The van der Waals surface area contributed by atoms with Gasteiger partial charge in [0.25, 0.3) is 11.8 Å². The van der Waals surface area contributed by atoms with Crippen LogP contribution in [0, 0.1) is 5.92 Å². The molecule has 10 nitrogen and oxygen atoms in total. The Labute approximate surface area is 223 Å². The monoisotopic (exact) mass is 526 g/mol. The predicted molar refractivity (Wildman–Crippen MR) is 143 cm³/mol. The lowest BCUT2D eigenvalue weighted by Gasteiger charge is -2.29. The smallest absolute Gasteiger partial charge is 0.252 e. The Morgan fingerprint density at radius 1 is 1.05 bits per heavy atom. The van der Waals surface area contributed by atoms with E-state index in [1.807, 2.05) is 6.07 Å². The number of nitrogens with one attached hydrogen (secondary N) is 2. The van der Waals surface area contributed by atoms with E-state index in [2.05, 4.69) is 17.6 Å². The minimum absolute atomic E-state index is 0.114. The van der Waals surface area contributed by atoms with Crippen LogP contribution in [0.25, 0.3) is 11.1 Å². The summed E-state index contributed by atoms with van der Waals surface area (Å²) in [5.41, 5.74) is 7.55. The fraction of sp³-hybridized carbons (Fsp3) is 0.429. The van der Waals surface area contributed by atoms with Crippen LogP contribution in [0.4, 0.5) is 0 Å². The van der Waals surface area contributed by atoms with Crippen molar-refractivity contribution >= 4 is 24.1 Å². The average molecular weight is 527 g/mol. The van der Waals surface area contributed by atoms with Crippen molar-refractivity contribution in [3.05, 3.63) is 53.6 Å². The maximum absolute atomic E-state index is 12.9. The second-order valence-electron chi connectivity index (χ2n) is 8.88. The van der Waals surface area contributed by atoms with Gasteiger partial charge in [0.2, 0.25) is 12.3 Å². The van der Waals surface area contributed by atoms with E-state index in [0.29, 0.717) is 42.2 Å². The zero-order chi connectivity index (χ0) is 28.1. The Morgan fingerprint density at radius 2 is 1.79 bits per heavy atom. The van der Waals surface area contributed by atoms with E-state index in [0.717, 1.165) is 30.4 Å². The summed E-state index contributed by atoms with van der Waals surface area (Å²) < 4.78 is 5.55. The van der Waals surface area contributed by atoms with Crippen LogP contribution in [0.5, 0.6) is 5.75 Å². The fourth-order valence-electron chi connectivity index (χ4n) is 4.31. The van der Waals surface area contributed by atoms with Gasteiger partial charge in [0, 0.05) is 5.56 Å². The number of ether oxygens (including phenoxy) is 1. The Morgan fingerprint density at radius 3 is 2.42 bits per heavy atom. The van der Waals surface area contributed by atoms with Gasteiger partial charge in [-0.25, -0.2) is 5.06 Å². The van der Waals surface area contributed by atoms with Crippen LogP contribution in [0.2, 0.25) is 0 Å². The highest BCUT2D eigenvalue weighted by Crippen LogP contribution is 2.28. The summed E-state index contributed by atoms with van der Waals surface area (Å²) in [6.07, 6.45) is 3.90. The molecular formula is C28H38N4O6. The van der Waals surface area contributed by atoms with E-state index in [-0.39, 0.29) is 18.1 Å². The van der Waals surface area contributed by atoms with Gasteiger partial charge in [-0.3, -0.25) is 24.4 Å². The number of primary amides is 1. The number of benzene rings is 2. The molecule has 5 N–H and O–H groups in total. The minimum Gasteiger partial charge on any atom is -0.493 e. The summed E-state index contributed by atoms with van der Waals surface area (Å²) in [7, 11) is 0. The van der Waals surface area contributed by atoms with Crippen LogP contribution in [-0.4, -0.2) is 53.7 Å². The van der Waals surface area contributed by atoms with Gasteiger partial charge in [-0.05, 0) is 55.2 Å². The lowest BCUT2D eigenvalue weighted by atomic mass is 9.90. The highest BCUT2D eigenvalue weighted by molar-refractivity contribution is 5.97. The molecule has 10 heteroatoms. The molecule has 2 rings (SSSR count). The molecule has 2 aromatic carbocycles. The molecule has 0 aliphatic rings. The van der Waals surface area contributed by atoms with Gasteiger partial charge in [-0.2, -0.15) is 0 Å². The third kappa shape index (κ3) is 8.31. The standard InChI is InChI=1S/C28H38N4O6/c1-4-7-8-12-22(24(5-2)32(37)18-33)28(36)31-17-30-27(35)21-11-9-10-19(15-21)20-13-14-23(26(29)34)25(16-20)38-6-3/h9-11,13-16,18,22,24,37H,4-8,12,17H2,1-3H3,(H2,29,34)(H,30,35)(H,31,36). The van der Waals surface area contributed by atoms with E-state index in [1.165, 1.54) is 0 Å². The maximum Gasteiger partial charge on any atom is 0.252 e. The Bertz CT molecular complexity index is 1110. The third-order valence-corrected chi connectivity index (χ3v) is 6.30. The van der Waals surface area contributed by atoms with Crippen molar-refractivity contribution in [2.45, 2.75) is 58.9 Å². The number of carbonyl (C=O) groups excluding carboxylic acids is 4. The predicted octanol–water partition coefficient (Wildman–Crippen LogP) is 3.48. The van der Waals surface area contributed by atoms with Crippen molar-refractivity contribution in [3.8, 4) is 16.9 Å². The lowest BCUT2D eigenvalue weighted by molar-refractivity contribution is -0.168. The van der Waals surface area contributed by atoms with Crippen molar-refractivity contribution < 1.29 is 29.1 Å². The lowest BCUT2D eigenvalue weighted by Crippen LogP contribution is -2.47. The largest absolute Gasteiger partial charge is 0.493 e. The number of hydrogen-bond donors (Lipinski definition) is 4. The number of amides is 4.